The van der Waals surface area contributed by atoms with E-state index in [0.717, 1.165) is 18.5 Å². The monoisotopic (exact) mass is 263 g/mol. The van der Waals surface area contributed by atoms with E-state index in [1.165, 1.54) is 0 Å². The van der Waals surface area contributed by atoms with E-state index in [-0.39, 0.29) is 12.5 Å². The van der Waals surface area contributed by atoms with Gasteiger partial charge in [-0.1, -0.05) is 6.92 Å². The highest BCUT2D eigenvalue weighted by atomic mass is 19.4. The summed E-state index contributed by atoms with van der Waals surface area (Å²) in [5.41, 5.74) is 0.828. The van der Waals surface area contributed by atoms with Crippen molar-refractivity contribution in [3.63, 3.8) is 0 Å². The highest BCUT2D eigenvalue weighted by molar-refractivity contribution is 5.10. The van der Waals surface area contributed by atoms with Gasteiger partial charge in [0.05, 0.1) is 6.20 Å². The maximum absolute atomic E-state index is 12.3. The van der Waals surface area contributed by atoms with Crippen LogP contribution in [0.5, 0.6) is 0 Å². The van der Waals surface area contributed by atoms with E-state index in [4.69, 9.17) is 0 Å². The normalized spacial score (nSPS) is 13.8. The summed E-state index contributed by atoms with van der Waals surface area (Å²) in [4.78, 5) is 0. The van der Waals surface area contributed by atoms with Crippen LogP contribution in [0.1, 0.15) is 44.7 Å². The van der Waals surface area contributed by atoms with E-state index in [1.807, 2.05) is 20.0 Å². The van der Waals surface area contributed by atoms with Crippen molar-refractivity contribution in [1.82, 2.24) is 15.1 Å². The van der Waals surface area contributed by atoms with Gasteiger partial charge >= 0.3 is 6.18 Å². The first-order valence-corrected chi connectivity index (χ1v) is 6.28. The van der Waals surface area contributed by atoms with E-state index in [0.29, 0.717) is 6.54 Å². The molecule has 0 aromatic carbocycles. The van der Waals surface area contributed by atoms with E-state index >= 15 is 0 Å². The number of rotatable bonds is 7. The van der Waals surface area contributed by atoms with Gasteiger partial charge in [-0.15, -0.1) is 0 Å². The first kappa shape index (κ1) is 15.0. The van der Waals surface area contributed by atoms with Crippen molar-refractivity contribution >= 4 is 0 Å². The Bertz CT molecular complexity index is 347. The van der Waals surface area contributed by atoms with Crippen LogP contribution in [0, 0.1) is 0 Å². The second-order valence-corrected chi connectivity index (χ2v) is 4.29. The third kappa shape index (κ3) is 5.08. The molecule has 18 heavy (non-hydrogen) atoms. The molecule has 1 aromatic rings. The summed E-state index contributed by atoms with van der Waals surface area (Å²) in [6, 6.07) is -0.271. The molecule has 1 unspecified atom stereocenters. The summed E-state index contributed by atoms with van der Waals surface area (Å²) in [6.07, 6.45) is -0.473. The Morgan fingerprint density at radius 3 is 2.61 bits per heavy atom. The van der Waals surface area contributed by atoms with Gasteiger partial charge in [0.15, 0.2) is 0 Å². The minimum absolute atomic E-state index is 0.0545. The highest BCUT2D eigenvalue weighted by Gasteiger charge is 2.28. The maximum Gasteiger partial charge on any atom is 0.389 e. The zero-order valence-electron chi connectivity index (χ0n) is 10.8. The zero-order valence-corrected chi connectivity index (χ0v) is 10.8. The van der Waals surface area contributed by atoms with Crippen molar-refractivity contribution in [2.24, 2.45) is 0 Å². The molecule has 0 amide bonds. The lowest BCUT2D eigenvalue weighted by Gasteiger charge is -2.18. The molecule has 6 heteroatoms. The molecular weight excluding hydrogens is 243 g/mol. The van der Waals surface area contributed by atoms with Crippen molar-refractivity contribution in [2.75, 3.05) is 6.54 Å². The average Bonchev–Trinajstić information content (AvgIpc) is 2.76. The van der Waals surface area contributed by atoms with E-state index in [1.54, 1.807) is 10.9 Å². The number of hydrogen-bond donors (Lipinski definition) is 1. The first-order valence-electron chi connectivity index (χ1n) is 6.28. The van der Waals surface area contributed by atoms with Gasteiger partial charge in [-0.3, -0.25) is 4.68 Å². The van der Waals surface area contributed by atoms with Gasteiger partial charge in [-0.25, -0.2) is 0 Å². The maximum atomic E-state index is 12.3. The molecule has 1 aromatic heterocycles. The molecule has 1 heterocycles. The molecule has 0 aliphatic heterocycles. The van der Waals surface area contributed by atoms with Crippen molar-refractivity contribution < 1.29 is 13.2 Å². The number of aryl methyl sites for hydroxylation is 1. The lowest BCUT2D eigenvalue weighted by molar-refractivity contribution is -0.136. The Morgan fingerprint density at radius 1 is 1.39 bits per heavy atom. The summed E-state index contributed by atoms with van der Waals surface area (Å²) in [5, 5.41) is 7.25. The Kier molecular flexibility index (Phi) is 5.65. The van der Waals surface area contributed by atoms with E-state index in [9.17, 15) is 13.2 Å². The predicted molar refractivity (Wildman–Crippen MR) is 64.2 cm³/mol. The SMILES string of the molecule is CCCNC(CCC(F)(F)F)c1cnn(CC)c1. The van der Waals surface area contributed by atoms with Crippen LogP contribution >= 0.6 is 0 Å². The van der Waals surface area contributed by atoms with E-state index in [2.05, 4.69) is 10.4 Å². The Hall–Kier alpha value is -1.04. The van der Waals surface area contributed by atoms with Gasteiger partial charge in [0.2, 0.25) is 0 Å². The van der Waals surface area contributed by atoms with Crippen LogP contribution in [0.4, 0.5) is 13.2 Å². The quantitative estimate of drug-likeness (QED) is 0.818. The van der Waals surface area contributed by atoms with Gasteiger partial charge in [0, 0.05) is 30.8 Å². The molecule has 1 atom stereocenters. The molecule has 0 spiro atoms. The fraction of sp³-hybridized carbons (Fsp3) is 0.750. The van der Waals surface area contributed by atoms with Crippen LogP contribution in [-0.4, -0.2) is 22.5 Å². The van der Waals surface area contributed by atoms with Crippen LogP contribution in [0.3, 0.4) is 0 Å². The number of aromatic nitrogens is 2. The number of nitrogens with zero attached hydrogens (tertiary/aromatic N) is 2. The smallest absolute Gasteiger partial charge is 0.310 e. The largest absolute Gasteiger partial charge is 0.389 e. The number of alkyl halides is 3. The molecule has 0 radical (unpaired) electrons. The second-order valence-electron chi connectivity index (χ2n) is 4.29. The predicted octanol–water partition coefficient (Wildman–Crippen LogP) is 3.29. The lowest BCUT2D eigenvalue weighted by Crippen LogP contribution is -2.23. The third-order valence-corrected chi connectivity index (χ3v) is 2.74. The summed E-state index contributed by atoms with van der Waals surface area (Å²) in [6.45, 7) is 5.36. The first-order chi connectivity index (χ1) is 8.46. The molecule has 104 valence electrons. The summed E-state index contributed by atoms with van der Waals surface area (Å²) < 4.78 is 38.6. The topological polar surface area (TPSA) is 29.9 Å². The van der Waals surface area contributed by atoms with Crippen LogP contribution < -0.4 is 5.32 Å². The van der Waals surface area contributed by atoms with Gasteiger partial charge in [-0.2, -0.15) is 18.3 Å². The number of halogens is 3. The molecule has 0 bridgehead atoms. The van der Waals surface area contributed by atoms with Gasteiger partial charge in [0.25, 0.3) is 0 Å². The van der Waals surface area contributed by atoms with Crippen LogP contribution in [0.15, 0.2) is 12.4 Å². The Balaban J connectivity index is 2.64. The summed E-state index contributed by atoms with van der Waals surface area (Å²) in [7, 11) is 0. The number of hydrogen-bond acceptors (Lipinski definition) is 2. The zero-order chi connectivity index (χ0) is 13.6. The Morgan fingerprint density at radius 2 is 2.11 bits per heavy atom. The standard InChI is InChI=1S/C12H20F3N3/c1-3-7-16-11(5-6-12(13,14)15)10-8-17-18(4-2)9-10/h8-9,11,16H,3-7H2,1-2H3. The molecule has 0 saturated carbocycles. The Labute approximate surface area is 105 Å². The molecule has 0 aliphatic carbocycles. The molecule has 0 saturated heterocycles. The average molecular weight is 263 g/mol. The van der Waals surface area contributed by atoms with Crippen molar-refractivity contribution in [1.29, 1.82) is 0 Å². The number of nitrogens with one attached hydrogen (secondary N) is 1. The molecule has 3 nitrogen and oxygen atoms in total. The van der Waals surface area contributed by atoms with Crippen LogP contribution in [-0.2, 0) is 6.54 Å². The summed E-state index contributed by atoms with van der Waals surface area (Å²) in [5.74, 6) is 0. The molecule has 1 N–H and O–H groups in total. The molecule has 0 fully saturated rings. The van der Waals surface area contributed by atoms with Gasteiger partial charge in [0.1, 0.15) is 0 Å². The molecular formula is C12H20F3N3. The van der Waals surface area contributed by atoms with Gasteiger partial charge in [-0.05, 0) is 26.3 Å². The van der Waals surface area contributed by atoms with Crippen LogP contribution in [0.2, 0.25) is 0 Å². The minimum Gasteiger partial charge on any atom is -0.310 e. The highest BCUT2D eigenvalue weighted by Crippen LogP contribution is 2.27. The second kappa shape index (κ2) is 6.78. The third-order valence-electron chi connectivity index (χ3n) is 2.74. The van der Waals surface area contributed by atoms with Crippen LogP contribution in [0.25, 0.3) is 0 Å². The van der Waals surface area contributed by atoms with Crippen molar-refractivity contribution in [3.05, 3.63) is 18.0 Å². The summed E-state index contributed by atoms with van der Waals surface area (Å²) >= 11 is 0. The lowest BCUT2D eigenvalue weighted by atomic mass is 10.1. The van der Waals surface area contributed by atoms with Gasteiger partial charge < -0.3 is 5.32 Å². The molecule has 1 rings (SSSR count). The van der Waals surface area contributed by atoms with E-state index < -0.39 is 12.6 Å². The molecule has 0 aliphatic rings. The fourth-order valence-electron chi connectivity index (χ4n) is 1.75. The van der Waals surface area contributed by atoms with Crippen molar-refractivity contribution in [2.45, 2.75) is 51.9 Å². The fourth-order valence-corrected chi connectivity index (χ4v) is 1.75. The minimum atomic E-state index is -4.10. The van der Waals surface area contributed by atoms with Crippen molar-refractivity contribution in [3.8, 4) is 0 Å².